The number of oxazole rings is 1. The Bertz CT molecular complexity index is 709. The molecule has 1 aromatic heterocycles. The summed E-state index contributed by atoms with van der Waals surface area (Å²) >= 11 is 0. The van der Waals surface area contributed by atoms with E-state index in [9.17, 15) is 0 Å². The van der Waals surface area contributed by atoms with E-state index in [2.05, 4.69) is 14.9 Å². The molecular formula is C16H15N3O. The SMILES string of the molecule is CN(C)c1ccc(C=Nc2nc3ccccc3o2)cc1. The lowest BCUT2D eigenvalue weighted by atomic mass is 10.2. The summed E-state index contributed by atoms with van der Waals surface area (Å²) in [5, 5.41) is 0. The molecule has 0 amide bonds. The van der Waals surface area contributed by atoms with Crippen LogP contribution in [0.25, 0.3) is 11.1 Å². The van der Waals surface area contributed by atoms with Gasteiger partial charge in [-0.2, -0.15) is 4.98 Å². The van der Waals surface area contributed by atoms with Crippen molar-refractivity contribution < 1.29 is 4.42 Å². The molecule has 0 saturated heterocycles. The van der Waals surface area contributed by atoms with E-state index < -0.39 is 0 Å². The Morgan fingerprint density at radius 1 is 1.05 bits per heavy atom. The van der Waals surface area contributed by atoms with Crippen molar-refractivity contribution in [1.82, 2.24) is 4.98 Å². The third-order valence-corrected chi connectivity index (χ3v) is 3.02. The number of nitrogens with zero attached hydrogens (tertiary/aromatic N) is 3. The van der Waals surface area contributed by atoms with Crippen LogP contribution >= 0.6 is 0 Å². The van der Waals surface area contributed by atoms with E-state index in [1.54, 1.807) is 6.21 Å². The van der Waals surface area contributed by atoms with E-state index in [1.165, 1.54) is 0 Å². The molecule has 0 bridgehead atoms. The predicted octanol–water partition coefficient (Wildman–Crippen LogP) is 3.64. The first-order valence-corrected chi connectivity index (χ1v) is 6.39. The Kier molecular flexibility index (Phi) is 3.21. The minimum Gasteiger partial charge on any atom is -0.422 e. The first-order chi connectivity index (χ1) is 9.72. The standard InChI is InChI=1S/C16H15N3O/c1-19(2)13-9-7-12(8-10-13)11-17-16-18-14-5-3-4-6-15(14)20-16/h3-11H,1-2H3. The van der Waals surface area contributed by atoms with Gasteiger partial charge < -0.3 is 9.32 Å². The highest BCUT2D eigenvalue weighted by Crippen LogP contribution is 2.20. The largest absolute Gasteiger partial charge is 0.422 e. The van der Waals surface area contributed by atoms with Crippen molar-refractivity contribution in [1.29, 1.82) is 0 Å². The van der Waals surface area contributed by atoms with Crippen LogP contribution in [0, 0.1) is 0 Å². The van der Waals surface area contributed by atoms with Crippen LogP contribution in [-0.2, 0) is 0 Å². The number of para-hydroxylation sites is 2. The van der Waals surface area contributed by atoms with Gasteiger partial charge in [0.15, 0.2) is 5.58 Å². The van der Waals surface area contributed by atoms with Crippen LogP contribution in [0.15, 0.2) is 57.9 Å². The van der Waals surface area contributed by atoms with Crippen molar-refractivity contribution in [2.75, 3.05) is 19.0 Å². The van der Waals surface area contributed by atoms with Gasteiger partial charge in [0, 0.05) is 26.0 Å². The summed E-state index contributed by atoms with van der Waals surface area (Å²) in [6, 6.07) is 16.1. The van der Waals surface area contributed by atoms with Gasteiger partial charge in [-0.1, -0.05) is 24.3 Å². The molecule has 0 unspecified atom stereocenters. The summed E-state index contributed by atoms with van der Waals surface area (Å²) in [6.07, 6.45) is 1.75. The fourth-order valence-corrected chi connectivity index (χ4v) is 1.90. The van der Waals surface area contributed by atoms with E-state index in [4.69, 9.17) is 4.42 Å². The first-order valence-electron chi connectivity index (χ1n) is 6.39. The number of benzene rings is 2. The molecule has 3 rings (SSSR count). The molecule has 0 saturated carbocycles. The maximum atomic E-state index is 5.53. The first kappa shape index (κ1) is 12.4. The van der Waals surface area contributed by atoms with Crippen molar-refractivity contribution in [2.45, 2.75) is 0 Å². The van der Waals surface area contributed by atoms with Gasteiger partial charge in [-0.25, -0.2) is 4.99 Å². The van der Waals surface area contributed by atoms with Crippen LogP contribution in [0.3, 0.4) is 0 Å². The quantitative estimate of drug-likeness (QED) is 0.679. The molecule has 20 heavy (non-hydrogen) atoms. The second kappa shape index (κ2) is 5.17. The van der Waals surface area contributed by atoms with Crippen molar-refractivity contribution >= 4 is 29.0 Å². The Hall–Kier alpha value is -2.62. The minimum absolute atomic E-state index is 0.378. The molecule has 0 fully saturated rings. The molecule has 1 heterocycles. The number of aromatic nitrogens is 1. The lowest BCUT2D eigenvalue weighted by Gasteiger charge is -2.11. The average Bonchev–Trinajstić information content (AvgIpc) is 2.88. The third-order valence-electron chi connectivity index (χ3n) is 3.02. The van der Waals surface area contributed by atoms with Crippen molar-refractivity contribution in [3.8, 4) is 0 Å². The lowest BCUT2D eigenvalue weighted by Crippen LogP contribution is -2.08. The number of hydrogen-bond acceptors (Lipinski definition) is 4. The predicted molar refractivity (Wildman–Crippen MR) is 82.0 cm³/mol. The zero-order chi connectivity index (χ0) is 13.9. The summed E-state index contributed by atoms with van der Waals surface area (Å²) in [7, 11) is 4.03. The number of anilines is 1. The zero-order valence-electron chi connectivity index (χ0n) is 11.4. The number of rotatable bonds is 3. The van der Waals surface area contributed by atoms with Gasteiger partial charge in [0.25, 0.3) is 0 Å². The molecule has 4 heteroatoms. The van der Waals surface area contributed by atoms with Gasteiger partial charge in [0.05, 0.1) is 0 Å². The van der Waals surface area contributed by atoms with Crippen LogP contribution in [0.5, 0.6) is 0 Å². The molecular weight excluding hydrogens is 250 g/mol. The highest BCUT2D eigenvalue weighted by atomic mass is 16.4. The molecule has 0 atom stereocenters. The average molecular weight is 265 g/mol. The van der Waals surface area contributed by atoms with Gasteiger partial charge in [0.2, 0.25) is 0 Å². The lowest BCUT2D eigenvalue weighted by molar-refractivity contribution is 0.614. The summed E-state index contributed by atoms with van der Waals surface area (Å²) in [5.41, 5.74) is 3.74. The normalized spacial score (nSPS) is 11.3. The summed E-state index contributed by atoms with van der Waals surface area (Å²) in [5.74, 6) is 0. The van der Waals surface area contributed by atoms with E-state index in [0.29, 0.717) is 6.01 Å². The van der Waals surface area contributed by atoms with Crippen molar-refractivity contribution in [3.63, 3.8) is 0 Å². The number of fused-ring (bicyclic) bond motifs is 1. The molecule has 100 valence electrons. The summed E-state index contributed by atoms with van der Waals surface area (Å²) in [6.45, 7) is 0. The molecule has 0 spiro atoms. The summed E-state index contributed by atoms with van der Waals surface area (Å²) in [4.78, 5) is 10.6. The highest BCUT2D eigenvalue weighted by Gasteiger charge is 2.02. The fourth-order valence-electron chi connectivity index (χ4n) is 1.90. The summed E-state index contributed by atoms with van der Waals surface area (Å²) < 4.78 is 5.53. The van der Waals surface area contributed by atoms with Gasteiger partial charge in [-0.05, 0) is 29.8 Å². The van der Waals surface area contributed by atoms with E-state index >= 15 is 0 Å². The molecule has 0 N–H and O–H groups in total. The monoisotopic (exact) mass is 265 g/mol. The second-order valence-electron chi connectivity index (χ2n) is 4.71. The Morgan fingerprint density at radius 2 is 1.80 bits per heavy atom. The van der Waals surface area contributed by atoms with Gasteiger partial charge in [0.1, 0.15) is 5.52 Å². The maximum Gasteiger partial charge on any atom is 0.322 e. The highest BCUT2D eigenvalue weighted by molar-refractivity contribution is 5.82. The topological polar surface area (TPSA) is 41.6 Å². The van der Waals surface area contributed by atoms with Crippen LogP contribution < -0.4 is 4.90 Å². The third kappa shape index (κ3) is 2.54. The Labute approximate surface area is 117 Å². The fraction of sp³-hybridized carbons (Fsp3) is 0.125. The van der Waals surface area contributed by atoms with Crippen molar-refractivity contribution in [3.05, 3.63) is 54.1 Å². The van der Waals surface area contributed by atoms with Gasteiger partial charge >= 0.3 is 6.01 Å². The van der Waals surface area contributed by atoms with Crippen LogP contribution in [0.4, 0.5) is 11.7 Å². The Morgan fingerprint density at radius 3 is 2.50 bits per heavy atom. The van der Waals surface area contributed by atoms with E-state index in [0.717, 1.165) is 22.4 Å². The molecule has 2 aromatic carbocycles. The molecule has 3 aromatic rings. The molecule has 4 nitrogen and oxygen atoms in total. The van der Waals surface area contributed by atoms with E-state index in [-0.39, 0.29) is 0 Å². The molecule has 0 radical (unpaired) electrons. The van der Waals surface area contributed by atoms with Crippen LogP contribution in [0.2, 0.25) is 0 Å². The molecule has 0 aliphatic rings. The number of aliphatic imine (C=N–C) groups is 1. The van der Waals surface area contributed by atoms with Crippen LogP contribution in [-0.4, -0.2) is 25.3 Å². The smallest absolute Gasteiger partial charge is 0.322 e. The second-order valence-corrected chi connectivity index (χ2v) is 4.71. The number of hydrogen-bond donors (Lipinski definition) is 0. The molecule has 0 aliphatic heterocycles. The van der Waals surface area contributed by atoms with Gasteiger partial charge in [-0.3, -0.25) is 0 Å². The maximum absolute atomic E-state index is 5.53. The van der Waals surface area contributed by atoms with Gasteiger partial charge in [-0.15, -0.1) is 0 Å². The zero-order valence-corrected chi connectivity index (χ0v) is 11.4. The minimum atomic E-state index is 0.378. The van der Waals surface area contributed by atoms with Crippen LogP contribution in [0.1, 0.15) is 5.56 Å². The van der Waals surface area contributed by atoms with Crippen molar-refractivity contribution in [2.24, 2.45) is 4.99 Å². The molecule has 0 aliphatic carbocycles. The Balaban J connectivity index is 1.82. The van der Waals surface area contributed by atoms with E-state index in [1.807, 2.05) is 62.6 Å².